The lowest BCUT2D eigenvalue weighted by Gasteiger charge is -2.33. The molecule has 0 fully saturated rings. The van der Waals surface area contributed by atoms with E-state index in [1.165, 1.54) is 0 Å². The van der Waals surface area contributed by atoms with Gasteiger partial charge in [-0.1, -0.05) is 0 Å². The number of hydrogen-bond acceptors (Lipinski definition) is 10. The van der Waals surface area contributed by atoms with Crippen LogP contribution in [0.2, 0.25) is 0 Å². The second kappa shape index (κ2) is 10.5. The molecule has 5 atom stereocenters. The molecule has 0 aliphatic carbocycles. The van der Waals surface area contributed by atoms with Crippen molar-refractivity contribution in [2.45, 2.75) is 50.1 Å². The predicted molar refractivity (Wildman–Crippen MR) is 89.6 cm³/mol. The van der Waals surface area contributed by atoms with E-state index in [9.17, 15) is 30.1 Å². The third-order valence-corrected chi connectivity index (χ3v) is 4.80. The first-order valence-electron chi connectivity index (χ1n) is 8.11. The van der Waals surface area contributed by atoms with Crippen molar-refractivity contribution in [3.8, 4) is 0 Å². The van der Waals surface area contributed by atoms with Crippen molar-refractivity contribution < 1.29 is 45.0 Å². The zero-order valence-electron chi connectivity index (χ0n) is 14.1. The topological polar surface area (TPSA) is 215 Å². The zero-order chi connectivity index (χ0) is 19.9. The van der Waals surface area contributed by atoms with Crippen LogP contribution in [0.4, 0.5) is 0 Å². The molecule has 0 amide bonds. The summed E-state index contributed by atoms with van der Waals surface area (Å²) in [5.41, 5.74) is 0.366. The average molecular weight is 401 g/mol. The van der Waals surface area contributed by atoms with Crippen LogP contribution in [0.5, 0.6) is 0 Å². The molecule has 1 rings (SSSR count). The van der Waals surface area contributed by atoms with Gasteiger partial charge in [0.25, 0.3) is 0 Å². The van der Waals surface area contributed by atoms with E-state index in [2.05, 4.69) is 16.0 Å². The van der Waals surface area contributed by atoms with E-state index in [4.69, 9.17) is 14.9 Å². The van der Waals surface area contributed by atoms with Crippen LogP contribution in [0.1, 0.15) is 19.3 Å². The summed E-state index contributed by atoms with van der Waals surface area (Å²) < 4.78 is 10.8. The molecule has 1 aliphatic heterocycles. The van der Waals surface area contributed by atoms with Crippen molar-refractivity contribution in [2.75, 3.05) is 19.3 Å². The van der Waals surface area contributed by atoms with Gasteiger partial charge in [-0.2, -0.15) is 0 Å². The summed E-state index contributed by atoms with van der Waals surface area (Å²) in [5.74, 6) is -0.310. The van der Waals surface area contributed by atoms with E-state index in [0.717, 1.165) is 0 Å². The molecule has 0 radical (unpaired) electrons. The van der Waals surface area contributed by atoms with Gasteiger partial charge in [-0.15, -0.1) is 0 Å². The SMILES string of the molecule is O=P(O)(O)CCCCC1=C(O)NC(O)NC1NC[C@H](O)[C@H](O)[C@H](O)CO. The first-order valence-corrected chi connectivity index (χ1v) is 9.90. The number of hydrogen-bond donors (Lipinski definition) is 11. The van der Waals surface area contributed by atoms with Crippen LogP contribution in [0.3, 0.4) is 0 Å². The Morgan fingerprint density at radius 1 is 1.15 bits per heavy atom. The molecular weight excluding hydrogens is 373 g/mol. The van der Waals surface area contributed by atoms with E-state index >= 15 is 0 Å². The molecule has 13 heteroatoms. The second-order valence-corrected chi connectivity index (χ2v) is 7.86. The largest absolute Gasteiger partial charge is 0.495 e. The molecule has 0 spiro atoms. The summed E-state index contributed by atoms with van der Waals surface area (Å²) in [7, 11) is -4.10. The van der Waals surface area contributed by atoms with Gasteiger partial charge in [0.15, 0.2) is 12.2 Å². The van der Waals surface area contributed by atoms with Crippen LogP contribution in [0.15, 0.2) is 11.5 Å². The molecule has 0 saturated carbocycles. The third kappa shape index (κ3) is 7.84. The highest BCUT2D eigenvalue weighted by Crippen LogP contribution is 2.35. The number of rotatable bonds is 11. The molecule has 1 aliphatic rings. The Morgan fingerprint density at radius 2 is 1.81 bits per heavy atom. The van der Waals surface area contributed by atoms with Crippen LogP contribution in [-0.2, 0) is 4.57 Å². The van der Waals surface area contributed by atoms with Crippen LogP contribution in [-0.4, -0.2) is 90.6 Å². The Hall–Kier alpha value is -0.790. The molecule has 11 N–H and O–H groups in total. The van der Waals surface area contributed by atoms with Gasteiger partial charge in [0, 0.05) is 18.3 Å². The number of aliphatic hydroxyl groups is 6. The number of nitrogens with one attached hydrogen (secondary N) is 3. The highest BCUT2D eigenvalue weighted by molar-refractivity contribution is 7.51. The lowest BCUT2D eigenvalue weighted by atomic mass is 10.0. The van der Waals surface area contributed by atoms with Gasteiger partial charge in [-0.05, 0) is 19.3 Å². The Labute approximate surface area is 150 Å². The maximum absolute atomic E-state index is 10.8. The van der Waals surface area contributed by atoms with E-state index in [1.807, 2.05) is 0 Å². The van der Waals surface area contributed by atoms with Gasteiger partial charge in [0.05, 0.1) is 18.9 Å². The molecule has 1 heterocycles. The Kier molecular flexibility index (Phi) is 9.41. The van der Waals surface area contributed by atoms with Gasteiger partial charge >= 0.3 is 7.60 Å². The van der Waals surface area contributed by atoms with Crippen LogP contribution in [0.25, 0.3) is 0 Å². The van der Waals surface area contributed by atoms with E-state index < -0.39 is 45.0 Å². The van der Waals surface area contributed by atoms with Crippen molar-refractivity contribution in [3.05, 3.63) is 11.5 Å². The van der Waals surface area contributed by atoms with Crippen LogP contribution < -0.4 is 16.0 Å². The lowest BCUT2D eigenvalue weighted by molar-refractivity contribution is -0.0761. The lowest BCUT2D eigenvalue weighted by Crippen LogP contribution is -2.59. The van der Waals surface area contributed by atoms with E-state index in [1.54, 1.807) is 0 Å². The fraction of sp³-hybridized carbons (Fsp3) is 0.846. The van der Waals surface area contributed by atoms with Gasteiger partial charge in [0.1, 0.15) is 12.2 Å². The van der Waals surface area contributed by atoms with Crippen LogP contribution in [0, 0.1) is 0 Å². The standard InChI is InChI=1S/C13H28N3O9P/c17-6-9(19)10(20)8(18)5-14-11-7(12(21)16-13(22)15-11)3-1-2-4-26(23,24)25/h8-11,13-22H,1-6H2,(H2,23,24,25)/t8-,9+,10-,11?,13?/m0/s1. The minimum Gasteiger partial charge on any atom is -0.495 e. The molecule has 0 bridgehead atoms. The maximum Gasteiger partial charge on any atom is 0.325 e. The molecule has 0 aromatic rings. The number of unbranched alkanes of at least 4 members (excludes halogenated alkanes) is 1. The third-order valence-electron chi connectivity index (χ3n) is 3.90. The average Bonchev–Trinajstić information content (AvgIpc) is 2.55. The highest BCUT2D eigenvalue weighted by atomic mass is 31.2. The molecular formula is C13H28N3O9P. The first-order chi connectivity index (χ1) is 12.0. The van der Waals surface area contributed by atoms with Crippen LogP contribution >= 0.6 is 7.60 Å². The maximum atomic E-state index is 10.8. The minimum absolute atomic E-state index is 0.223. The van der Waals surface area contributed by atoms with Crippen molar-refractivity contribution in [1.82, 2.24) is 16.0 Å². The second-order valence-electron chi connectivity index (χ2n) is 6.08. The molecule has 0 aromatic carbocycles. The summed E-state index contributed by atoms with van der Waals surface area (Å²) >= 11 is 0. The molecule has 0 aromatic heterocycles. The van der Waals surface area contributed by atoms with E-state index in [0.29, 0.717) is 12.0 Å². The van der Waals surface area contributed by atoms with Crippen molar-refractivity contribution >= 4 is 7.60 Å². The smallest absolute Gasteiger partial charge is 0.325 e. The quantitative estimate of drug-likeness (QED) is 0.120. The first kappa shape index (κ1) is 23.2. The summed E-state index contributed by atoms with van der Waals surface area (Å²) in [4.78, 5) is 17.7. The Morgan fingerprint density at radius 3 is 2.38 bits per heavy atom. The normalized spacial score (nSPS) is 24.9. The molecule has 26 heavy (non-hydrogen) atoms. The van der Waals surface area contributed by atoms with Gasteiger partial charge in [0.2, 0.25) is 0 Å². The van der Waals surface area contributed by atoms with Crippen molar-refractivity contribution in [2.24, 2.45) is 0 Å². The van der Waals surface area contributed by atoms with Gasteiger partial charge < -0.3 is 45.7 Å². The highest BCUT2D eigenvalue weighted by Gasteiger charge is 2.29. The molecule has 154 valence electrons. The van der Waals surface area contributed by atoms with Crippen molar-refractivity contribution in [1.29, 1.82) is 0 Å². The number of aliphatic hydroxyl groups excluding tert-OH is 6. The zero-order valence-corrected chi connectivity index (χ0v) is 15.0. The van der Waals surface area contributed by atoms with Crippen molar-refractivity contribution in [3.63, 3.8) is 0 Å². The minimum atomic E-state index is -4.10. The summed E-state index contributed by atoms with van der Waals surface area (Å²) in [6.45, 7) is -0.962. The van der Waals surface area contributed by atoms with E-state index in [-0.39, 0.29) is 31.4 Å². The summed E-state index contributed by atoms with van der Waals surface area (Å²) in [6.07, 6.45) is -6.08. The Bertz CT molecular complexity index is 515. The summed E-state index contributed by atoms with van der Waals surface area (Å²) in [6, 6.07) is 0. The predicted octanol–water partition coefficient (Wildman–Crippen LogP) is -3.44. The fourth-order valence-corrected chi connectivity index (χ4v) is 3.10. The molecule has 0 saturated heterocycles. The summed E-state index contributed by atoms with van der Waals surface area (Å²) in [5, 5.41) is 64.8. The molecule has 12 nitrogen and oxygen atoms in total. The Balaban J connectivity index is 2.62. The van der Waals surface area contributed by atoms with Gasteiger partial charge in [-0.25, -0.2) is 0 Å². The molecule has 2 unspecified atom stereocenters. The monoisotopic (exact) mass is 401 g/mol. The van der Waals surface area contributed by atoms with Gasteiger partial charge in [-0.3, -0.25) is 15.2 Å². The fourth-order valence-electron chi connectivity index (χ4n) is 2.46.